The van der Waals surface area contributed by atoms with E-state index < -0.39 is 23.5 Å². The summed E-state index contributed by atoms with van der Waals surface area (Å²) in [5.74, 6) is 0.0104. The highest BCUT2D eigenvalue weighted by molar-refractivity contribution is 5.91. The minimum atomic E-state index is -0.746. The number of hydrogen-bond donors (Lipinski definition) is 5. The molecule has 1 aromatic carbocycles. The fraction of sp³-hybridized carbons (Fsp3) is 0.583. The number of rotatable bonds is 10. The molecule has 10 nitrogen and oxygen atoms in total. The maximum atomic E-state index is 13.4. The van der Waals surface area contributed by atoms with E-state index in [2.05, 4.69) is 21.1 Å². The van der Waals surface area contributed by atoms with Crippen molar-refractivity contribution in [3.8, 4) is 5.75 Å². The highest BCUT2D eigenvalue weighted by Gasteiger charge is 2.40. The lowest BCUT2D eigenvalue weighted by atomic mass is 9.84. The van der Waals surface area contributed by atoms with Crippen LogP contribution < -0.4 is 21.8 Å². The molecule has 0 radical (unpaired) electrons. The van der Waals surface area contributed by atoms with Gasteiger partial charge in [0.1, 0.15) is 17.8 Å². The number of hydrogen-bond acceptors (Lipinski definition) is 7. The average Bonchev–Trinajstić information content (AvgIpc) is 2.76. The third-order valence-electron chi connectivity index (χ3n) is 5.69. The number of carbonyl (C=O) groups excluding carboxylic acids is 3. The van der Waals surface area contributed by atoms with Gasteiger partial charge in [-0.1, -0.05) is 32.9 Å². The Morgan fingerprint density at radius 2 is 1.94 bits per heavy atom. The first-order valence-corrected chi connectivity index (χ1v) is 11.6. The Hall–Kier alpha value is -2.98. The van der Waals surface area contributed by atoms with Crippen LogP contribution in [0.4, 0.5) is 0 Å². The first-order chi connectivity index (χ1) is 15.9. The van der Waals surface area contributed by atoms with Gasteiger partial charge in [-0.25, -0.2) is 10.4 Å². The molecule has 1 aliphatic rings. The number of phenols is 1. The molecule has 1 fully saturated rings. The van der Waals surface area contributed by atoms with Gasteiger partial charge < -0.3 is 21.5 Å². The number of aromatic hydroxyl groups is 1. The van der Waals surface area contributed by atoms with E-state index in [1.54, 1.807) is 36.2 Å². The van der Waals surface area contributed by atoms with E-state index in [4.69, 9.17) is 5.73 Å². The standard InChI is InChI=1S/C24H38N6O4/c1-15(25)27-12-6-7-20-23(34)28-19(22(33)26-5)14-30(20)29-18(21(32)24(2,3)4)13-16-8-10-17(31)11-9-16/h8-11,18-20,29,31H,6-7,12-14H2,1-5H3,(H2,25,27)(H,26,33)(H,28,34)/t18-,19?,20?/m0/s1. The van der Waals surface area contributed by atoms with E-state index in [9.17, 15) is 19.5 Å². The maximum absolute atomic E-state index is 13.4. The SMILES string of the molecule is CNC(=O)C1CN(N[C@@H](Cc2ccc(O)cc2)C(=O)C(C)(C)C)C(CCCN=C(C)N)C(=O)N1. The summed E-state index contributed by atoms with van der Waals surface area (Å²) < 4.78 is 0. The molecule has 1 heterocycles. The molecule has 0 aromatic heterocycles. The molecule has 3 atom stereocenters. The molecular formula is C24H38N6O4. The lowest BCUT2D eigenvalue weighted by Crippen LogP contribution is -2.69. The van der Waals surface area contributed by atoms with Crippen LogP contribution in [0.1, 0.15) is 46.1 Å². The zero-order valence-electron chi connectivity index (χ0n) is 20.7. The van der Waals surface area contributed by atoms with Gasteiger partial charge in [0, 0.05) is 25.6 Å². The van der Waals surface area contributed by atoms with E-state index in [1.165, 1.54) is 7.05 Å². The Balaban J connectivity index is 2.30. The largest absolute Gasteiger partial charge is 0.508 e. The number of carbonyl (C=O) groups is 3. The van der Waals surface area contributed by atoms with Crippen LogP contribution in [0, 0.1) is 5.41 Å². The van der Waals surface area contributed by atoms with Crippen LogP contribution in [-0.2, 0) is 20.8 Å². The highest BCUT2D eigenvalue weighted by Crippen LogP contribution is 2.22. The third-order valence-corrected chi connectivity index (χ3v) is 5.69. The van der Waals surface area contributed by atoms with Gasteiger partial charge in [0.15, 0.2) is 5.78 Å². The smallest absolute Gasteiger partial charge is 0.243 e. The zero-order chi connectivity index (χ0) is 25.5. The van der Waals surface area contributed by atoms with E-state index in [0.717, 1.165) is 5.56 Å². The summed E-state index contributed by atoms with van der Waals surface area (Å²) in [6.45, 7) is 7.95. The van der Waals surface area contributed by atoms with Crippen molar-refractivity contribution < 1.29 is 19.5 Å². The number of amidine groups is 1. The molecule has 1 aliphatic heterocycles. The Morgan fingerprint density at radius 3 is 2.50 bits per heavy atom. The summed E-state index contributed by atoms with van der Waals surface area (Å²) in [6, 6.07) is 4.72. The predicted molar refractivity (Wildman–Crippen MR) is 131 cm³/mol. The van der Waals surface area contributed by atoms with Gasteiger partial charge in [0.25, 0.3) is 0 Å². The van der Waals surface area contributed by atoms with Crippen molar-refractivity contribution in [2.45, 2.75) is 65.1 Å². The monoisotopic (exact) mass is 474 g/mol. The quantitative estimate of drug-likeness (QED) is 0.188. The fourth-order valence-electron chi connectivity index (χ4n) is 3.86. The van der Waals surface area contributed by atoms with Crippen LogP contribution in [0.5, 0.6) is 5.75 Å². The Morgan fingerprint density at radius 1 is 1.29 bits per heavy atom. The van der Waals surface area contributed by atoms with Gasteiger partial charge in [-0.3, -0.25) is 19.4 Å². The number of aliphatic imine (C=N–C) groups is 1. The molecule has 6 N–H and O–H groups in total. The molecule has 0 spiro atoms. The highest BCUT2D eigenvalue weighted by atomic mass is 16.3. The molecule has 10 heteroatoms. The minimum Gasteiger partial charge on any atom is -0.508 e. The van der Waals surface area contributed by atoms with Crippen molar-refractivity contribution in [2.75, 3.05) is 20.1 Å². The van der Waals surface area contributed by atoms with E-state index >= 15 is 0 Å². The van der Waals surface area contributed by atoms with Crippen molar-refractivity contribution in [2.24, 2.45) is 16.1 Å². The molecule has 34 heavy (non-hydrogen) atoms. The maximum Gasteiger partial charge on any atom is 0.243 e. The number of likely N-dealkylation sites (N-methyl/N-ethyl adjacent to an activating group) is 1. The second-order valence-electron chi connectivity index (χ2n) is 9.68. The summed E-state index contributed by atoms with van der Waals surface area (Å²) in [7, 11) is 1.52. The zero-order valence-corrected chi connectivity index (χ0v) is 20.7. The van der Waals surface area contributed by atoms with E-state index in [-0.39, 0.29) is 29.9 Å². The van der Waals surface area contributed by atoms with Crippen molar-refractivity contribution in [3.05, 3.63) is 29.8 Å². The number of nitrogens with two attached hydrogens (primary N) is 1. The summed E-state index contributed by atoms with van der Waals surface area (Å²) in [4.78, 5) is 42.8. The van der Waals surface area contributed by atoms with Crippen LogP contribution in [-0.4, -0.2) is 71.8 Å². The Kier molecular flexibility index (Phi) is 9.57. The Bertz CT molecular complexity index is 890. The molecule has 1 aromatic rings. The number of Topliss-reactive ketones (excluding diaryl/α,β-unsaturated/α-hetero) is 1. The van der Waals surface area contributed by atoms with Gasteiger partial charge in [-0.05, 0) is 43.9 Å². The number of piperazine rings is 1. The Labute approximate surface area is 201 Å². The van der Waals surface area contributed by atoms with E-state index in [0.29, 0.717) is 31.6 Å². The molecule has 2 rings (SSSR count). The third kappa shape index (κ3) is 7.81. The normalized spacial score (nSPS) is 20.5. The second kappa shape index (κ2) is 11.9. The van der Waals surface area contributed by atoms with Crippen LogP contribution >= 0.6 is 0 Å². The lowest BCUT2D eigenvalue weighted by molar-refractivity contribution is -0.142. The molecule has 0 aliphatic carbocycles. The number of nitrogens with zero attached hydrogens (tertiary/aromatic N) is 2. The summed E-state index contributed by atoms with van der Waals surface area (Å²) >= 11 is 0. The van der Waals surface area contributed by atoms with Crippen molar-refractivity contribution >= 4 is 23.4 Å². The molecule has 0 saturated carbocycles. The van der Waals surface area contributed by atoms with Gasteiger partial charge in [-0.15, -0.1) is 0 Å². The summed E-state index contributed by atoms with van der Waals surface area (Å²) in [5.41, 5.74) is 9.12. The molecule has 2 amide bonds. The minimum absolute atomic E-state index is 0.0230. The molecule has 1 saturated heterocycles. The fourth-order valence-corrected chi connectivity index (χ4v) is 3.86. The summed E-state index contributed by atoms with van der Waals surface area (Å²) in [5, 5.41) is 16.7. The average molecular weight is 475 g/mol. The van der Waals surface area contributed by atoms with E-state index in [1.807, 2.05) is 20.8 Å². The van der Waals surface area contributed by atoms with Gasteiger partial charge in [-0.2, -0.15) is 0 Å². The molecule has 0 bridgehead atoms. The lowest BCUT2D eigenvalue weighted by Gasteiger charge is -2.41. The van der Waals surface area contributed by atoms with Gasteiger partial charge in [0.2, 0.25) is 11.8 Å². The van der Waals surface area contributed by atoms with Crippen LogP contribution in [0.25, 0.3) is 0 Å². The van der Waals surface area contributed by atoms with Gasteiger partial charge >= 0.3 is 0 Å². The van der Waals surface area contributed by atoms with Crippen LogP contribution in [0.3, 0.4) is 0 Å². The number of benzene rings is 1. The van der Waals surface area contributed by atoms with Crippen molar-refractivity contribution in [3.63, 3.8) is 0 Å². The number of hydrazine groups is 1. The number of nitrogens with one attached hydrogen (secondary N) is 3. The molecule has 188 valence electrons. The van der Waals surface area contributed by atoms with Crippen molar-refractivity contribution in [1.29, 1.82) is 0 Å². The second-order valence-corrected chi connectivity index (χ2v) is 9.68. The predicted octanol–water partition coefficient (Wildman–Crippen LogP) is 0.495. The van der Waals surface area contributed by atoms with Crippen molar-refractivity contribution in [1.82, 2.24) is 21.1 Å². The topological polar surface area (TPSA) is 149 Å². The first kappa shape index (κ1) is 27.3. The van der Waals surface area contributed by atoms with Crippen LogP contribution in [0.15, 0.2) is 29.3 Å². The van der Waals surface area contributed by atoms with Gasteiger partial charge in [0.05, 0.1) is 11.9 Å². The summed E-state index contributed by atoms with van der Waals surface area (Å²) in [6.07, 6.45) is 1.46. The number of phenolic OH excluding ortho intramolecular Hbond substituents is 1. The van der Waals surface area contributed by atoms with Crippen LogP contribution in [0.2, 0.25) is 0 Å². The number of ketones is 1. The first-order valence-electron chi connectivity index (χ1n) is 11.6. The molecular weight excluding hydrogens is 436 g/mol. The number of amides is 2. The molecule has 2 unspecified atom stereocenters.